The van der Waals surface area contributed by atoms with Crippen LogP contribution in [0, 0.1) is 6.92 Å². The highest BCUT2D eigenvalue weighted by atomic mass is 16.3. The summed E-state index contributed by atoms with van der Waals surface area (Å²) in [6, 6.07) is 13.7. The maximum Gasteiger partial charge on any atom is 0.274 e. The molecular weight excluding hydrogens is 314 g/mol. The molecule has 128 valence electrons. The second kappa shape index (κ2) is 7.77. The molecule has 0 unspecified atom stereocenters. The topological polar surface area (TPSA) is 57.8 Å². The van der Waals surface area contributed by atoms with Crippen LogP contribution < -0.4 is 0 Å². The third-order valence-corrected chi connectivity index (χ3v) is 3.91. The van der Waals surface area contributed by atoms with E-state index in [1.165, 1.54) is 0 Å². The van der Waals surface area contributed by atoms with Gasteiger partial charge in [-0.25, -0.2) is 4.98 Å². The Morgan fingerprint density at radius 2 is 2.00 bits per heavy atom. The van der Waals surface area contributed by atoms with Crippen molar-refractivity contribution in [1.82, 2.24) is 14.3 Å². The number of amides is 1. The summed E-state index contributed by atoms with van der Waals surface area (Å²) in [4.78, 5) is 18.7. The van der Waals surface area contributed by atoms with Gasteiger partial charge in [-0.2, -0.15) is 0 Å². The maximum atomic E-state index is 12.7. The normalized spacial score (nSPS) is 11.3. The minimum atomic E-state index is -0.187. The van der Waals surface area contributed by atoms with Crippen molar-refractivity contribution in [3.8, 4) is 0 Å². The number of rotatable bonds is 6. The molecule has 0 bridgehead atoms. The van der Waals surface area contributed by atoms with Gasteiger partial charge in [0.15, 0.2) is 0 Å². The number of aryl methyl sites for hydroxylation is 1. The van der Waals surface area contributed by atoms with E-state index in [1.54, 1.807) is 11.1 Å². The third-order valence-electron chi connectivity index (χ3n) is 3.91. The molecule has 0 fully saturated rings. The molecule has 0 aliphatic rings. The standard InChI is InChI=1S/C20H21N3O2/c1-16-9-10-19-21-18(15-23(19)14-16)20(25)22(12-13-24)11-5-8-17-6-3-2-4-7-17/h2-10,14-15,24H,11-13H2,1H3. The first-order chi connectivity index (χ1) is 12.2. The van der Waals surface area contributed by atoms with Gasteiger partial charge in [0, 0.05) is 25.5 Å². The summed E-state index contributed by atoms with van der Waals surface area (Å²) in [5.74, 6) is -0.187. The Morgan fingerprint density at radius 1 is 1.20 bits per heavy atom. The van der Waals surface area contributed by atoms with Crippen LogP contribution in [0.5, 0.6) is 0 Å². The van der Waals surface area contributed by atoms with Crippen LogP contribution in [0.1, 0.15) is 21.6 Å². The summed E-state index contributed by atoms with van der Waals surface area (Å²) in [6.45, 7) is 2.59. The van der Waals surface area contributed by atoms with Gasteiger partial charge in [-0.05, 0) is 24.1 Å². The van der Waals surface area contributed by atoms with E-state index in [1.807, 2.05) is 72.1 Å². The number of hydrogen-bond acceptors (Lipinski definition) is 3. The summed E-state index contributed by atoms with van der Waals surface area (Å²) < 4.78 is 1.85. The van der Waals surface area contributed by atoms with E-state index in [4.69, 9.17) is 0 Å². The summed E-state index contributed by atoms with van der Waals surface area (Å²) in [7, 11) is 0. The van der Waals surface area contributed by atoms with E-state index in [0.29, 0.717) is 12.2 Å². The Hall–Kier alpha value is -2.92. The average molecular weight is 335 g/mol. The van der Waals surface area contributed by atoms with Crippen molar-refractivity contribution in [1.29, 1.82) is 0 Å². The van der Waals surface area contributed by atoms with Gasteiger partial charge in [0.25, 0.3) is 5.91 Å². The molecule has 0 saturated carbocycles. The van der Waals surface area contributed by atoms with E-state index in [2.05, 4.69) is 4.98 Å². The molecule has 3 rings (SSSR count). The number of carbonyl (C=O) groups excluding carboxylic acids is 1. The number of pyridine rings is 1. The molecule has 3 aromatic rings. The van der Waals surface area contributed by atoms with E-state index < -0.39 is 0 Å². The number of aliphatic hydroxyl groups is 1. The van der Waals surface area contributed by atoms with Crippen molar-refractivity contribution in [2.75, 3.05) is 19.7 Å². The van der Waals surface area contributed by atoms with Crippen LogP contribution in [-0.4, -0.2) is 45.0 Å². The van der Waals surface area contributed by atoms with E-state index in [-0.39, 0.29) is 19.1 Å². The lowest BCUT2D eigenvalue weighted by molar-refractivity contribution is 0.0738. The van der Waals surface area contributed by atoms with Crippen LogP contribution in [-0.2, 0) is 0 Å². The van der Waals surface area contributed by atoms with Crippen molar-refractivity contribution < 1.29 is 9.90 Å². The molecule has 0 spiro atoms. The van der Waals surface area contributed by atoms with Gasteiger partial charge in [0.05, 0.1) is 6.61 Å². The van der Waals surface area contributed by atoms with Crippen LogP contribution in [0.2, 0.25) is 0 Å². The van der Waals surface area contributed by atoms with E-state index in [9.17, 15) is 9.90 Å². The molecule has 0 atom stereocenters. The van der Waals surface area contributed by atoms with Gasteiger partial charge in [0.1, 0.15) is 11.3 Å². The molecule has 0 aliphatic carbocycles. The van der Waals surface area contributed by atoms with Crippen LogP contribution >= 0.6 is 0 Å². The fraction of sp³-hybridized carbons (Fsp3) is 0.200. The molecule has 2 aromatic heterocycles. The van der Waals surface area contributed by atoms with Gasteiger partial charge in [-0.1, -0.05) is 48.6 Å². The summed E-state index contributed by atoms with van der Waals surface area (Å²) >= 11 is 0. The predicted molar refractivity (Wildman–Crippen MR) is 98.4 cm³/mol. The average Bonchev–Trinajstić information content (AvgIpc) is 3.04. The third kappa shape index (κ3) is 4.14. The highest BCUT2D eigenvalue weighted by molar-refractivity contribution is 5.93. The zero-order valence-corrected chi connectivity index (χ0v) is 14.2. The van der Waals surface area contributed by atoms with Gasteiger partial charge < -0.3 is 14.4 Å². The van der Waals surface area contributed by atoms with E-state index in [0.717, 1.165) is 16.8 Å². The quantitative estimate of drug-likeness (QED) is 0.753. The van der Waals surface area contributed by atoms with Gasteiger partial charge >= 0.3 is 0 Å². The Balaban J connectivity index is 1.76. The number of nitrogens with zero attached hydrogens (tertiary/aromatic N) is 3. The molecule has 0 radical (unpaired) electrons. The SMILES string of the molecule is Cc1ccc2nc(C(=O)N(CC=Cc3ccccc3)CCO)cn2c1. The highest BCUT2D eigenvalue weighted by Crippen LogP contribution is 2.10. The molecule has 0 aliphatic heterocycles. The van der Waals surface area contributed by atoms with Crippen molar-refractivity contribution in [2.45, 2.75) is 6.92 Å². The van der Waals surface area contributed by atoms with Crippen LogP contribution in [0.15, 0.2) is 60.9 Å². The van der Waals surface area contributed by atoms with E-state index >= 15 is 0 Å². The Kier molecular flexibility index (Phi) is 5.26. The molecule has 5 heteroatoms. The molecule has 5 nitrogen and oxygen atoms in total. The lowest BCUT2D eigenvalue weighted by Gasteiger charge is -2.18. The first-order valence-corrected chi connectivity index (χ1v) is 8.24. The largest absolute Gasteiger partial charge is 0.395 e. The Bertz CT molecular complexity index is 884. The number of imidazole rings is 1. The highest BCUT2D eigenvalue weighted by Gasteiger charge is 2.17. The second-order valence-corrected chi connectivity index (χ2v) is 5.89. The second-order valence-electron chi connectivity index (χ2n) is 5.89. The summed E-state index contributed by atoms with van der Waals surface area (Å²) in [5, 5.41) is 9.28. The number of aromatic nitrogens is 2. The smallest absolute Gasteiger partial charge is 0.274 e. The lowest BCUT2D eigenvalue weighted by atomic mass is 10.2. The van der Waals surface area contributed by atoms with Crippen LogP contribution in [0.3, 0.4) is 0 Å². The molecule has 2 heterocycles. The number of benzene rings is 1. The minimum absolute atomic E-state index is 0.0859. The molecular formula is C20H21N3O2. The van der Waals surface area contributed by atoms with Crippen LogP contribution in [0.25, 0.3) is 11.7 Å². The van der Waals surface area contributed by atoms with Gasteiger partial charge in [0.2, 0.25) is 0 Å². The number of carbonyl (C=O) groups is 1. The monoisotopic (exact) mass is 335 g/mol. The predicted octanol–water partition coefficient (Wildman–Crippen LogP) is 2.79. The van der Waals surface area contributed by atoms with Crippen molar-refractivity contribution in [3.63, 3.8) is 0 Å². The molecule has 1 aromatic carbocycles. The fourth-order valence-corrected chi connectivity index (χ4v) is 2.64. The zero-order chi connectivity index (χ0) is 17.6. The first-order valence-electron chi connectivity index (χ1n) is 8.24. The van der Waals surface area contributed by atoms with Crippen molar-refractivity contribution >= 4 is 17.6 Å². The molecule has 1 amide bonds. The lowest BCUT2D eigenvalue weighted by Crippen LogP contribution is -2.34. The molecule has 25 heavy (non-hydrogen) atoms. The number of fused-ring (bicyclic) bond motifs is 1. The van der Waals surface area contributed by atoms with Crippen molar-refractivity contribution in [3.05, 3.63) is 77.8 Å². The van der Waals surface area contributed by atoms with Crippen molar-refractivity contribution in [2.24, 2.45) is 0 Å². The Labute approximate surface area is 146 Å². The van der Waals surface area contributed by atoms with Crippen LogP contribution in [0.4, 0.5) is 0 Å². The zero-order valence-electron chi connectivity index (χ0n) is 14.2. The molecule has 1 N–H and O–H groups in total. The maximum absolute atomic E-state index is 12.7. The fourth-order valence-electron chi connectivity index (χ4n) is 2.64. The Morgan fingerprint density at radius 3 is 2.76 bits per heavy atom. The minimum Gasteiger partial charge on any atom is -0.395 e. The molecule has 0 saturated heterocycles. The number of aliphatic hydroxyl groups excluding tert-OH is 1. The summed E-state index contributed by atoms with van der Waals surface area (Å²) in [5.41, 5.74) is 3.29. The number of hydrogen-bond donors (Lipinski definition) is 1. The van der Waals surface area contributed by atoms with Gasteiger partial charge in [-0.3, -0.25) is 4.79 Å². The summed E-state index contributed by atoms with van der Waals surface area (Å²) in [6.07, 6.45) is 7.55. The van der Waals surface area contributed by atoms with Gasteiger partial charge in [-0.15, -0.1) is 0 Å². The first kappa shape index (κ1) is 16.9.